The zero-order chi connectivity index (χ0) is 9.72. The van der Waals surface area contributed by atoms with Crippen LogP contribution in [-0.2, 0) is 14.3 Å². The van der Waals surface area contributed by atoms with E-state index in [1.807, 2.05) is 13.8 Å². The fourth-order valence-corrected chi connectivity index (χ4v) is 0.417. The number of hydrogen-bond acceptors (Lipinski definition) is 3. The Labute approximate surface area is 70.8 Å². The van der Waals surface area contributed by atoms with Crippen molar-refractivity contribution in [1.29, 1.82) is 0 Å². The first-order valence-electron chi connectivity index (χ1n) is 3.54. The van der Waals surface area contributed by atoms with Crippen LogP contribution in [0, 0.1) is 5.92 Å². The topological polar surface area (TPSA) is 63.6 Å². The second-order valence-corrected chi connectivity index (χ2v) is 2.78. The molecule has 0 unspecified atom stereocenters. The van der Waals surface area contributed by atoms with Crippen LogP contribution in [0.25, 0.3) is 0 Å². The molecule has 0 bridgehead atoms. The Kier molecular flexibility index (Phi) is 4.04. The van der Waals surface area contributed by atoms with Gasteiger partial charge in [0.25, 0.3) is 0 Å². The molecular weight excluding hydrogens is 160 g/mol. The quantitative estimate of drug-likeness (QED) is 0.295. The largest absolute Gasteiger partial charge is 0.477 e. The fraction of sp³-hybridized carbons (Fsp3) is 0.500. The molecule has 0 aliphatic heterocycles. The van der Waals surface area contributed by atoms with E-state index in [2.05, 4.69) is 11.3 Å². The molecule has 0 aromatic heterocycles. The third-order valence-electron chi connectivity index (χ3n) is 1.05. The molecule has 0 aromatic rings. The minimum Gasteiger partial charge on any atom is -0.477 e. The van der Waals surface area contributed by atoms with Gasteiger partial charge in [0.15, 0.2) is 0 Å². The molecule has 0 saturated carbocycles. The highest BCUT2D eigenvalue weighted by molar-refractivity contribution is 6.12. The van der Waals surface area contributed by atoms with Gasteiger partial charge in [-0.2, -0.15) is 0 Å². The lowest BCUT2D eigenvalue weighted by atomic mass is 10.2. The zero-order valence-electron chi connectivity index (χ0n) is 7.16. The molecule has 4 heteroatoms. The molecule has 0 amide bonds. The van der Waals surface area contributed by atoms with Gasteiger partial charge in [-0.05, 0) is 5.92 Å². The Bertz CT molecular complexity index is 205. The second-order valence-electron chi connectivity index (χ2n) is 2.78. The van der Waals surface area contributed by atoms with E-state index in [0.717, 1.165) is 0 Å². The van der Waals surface area contributed by atoms with Crippen molar-refractivity contribution in [2.45, 2.75) is 13.8 Å². The van der Waals surface area contributed by atoms with E-state index in [1.54, 1.807) is 0 Å². The number of ether oxygens (including phenoxy) is 1. The fourth-order valence-electron chi connectivity index (χ4n) is 0.417. The number of carboxylic acids is 1. The summed E-state index contributed by atoms with van der Waals surface area (Å²) in [5.74, 6) is -2.02. The molecule has 0 heterocycles. The number of carboxylic acid groups (broad SMARTS) is 1. The Hall–Kier alpha value is -1.32. The van der Waals surface area contributed by atoms with Crippen LogP contribution >= 0.6 is 0 Å². The number of hydrogen-bond donors (Lipinski definition) is 1. The molecule has 0 aromatic carbocycles. The highest BCUT2D eigenvalue weighted by Gasteiger charge is 2.15. The summed E-state index contributed by atoms with van der Waals surface area (Å²) in [6.07, 6.45) is 0. The first-order chi connectivity index (χ1) is 5.45. The van der Waals surface area contributed by atoms with Gasteiger partial charge >= 0.3 is 11.9 Å². The maximum Gasteiger partial charge on any atom is 0.344 e. The molecule has 0 atom stereocenters. The molecule has 0 rings (SSSR count). The van der Waals surface area contributed by atoms with Crippen LogP contribution in [0.2, 0.25) is 0 Å². The number of rotatable bonds is 4. The van der Waals surface area contributed by atoms with Crippen molar-refractivity contribution in [2.24, 2.45) is 5.92 Å². The SMILES string of the molecule is C=C(C(=O)O)C(=O)OCC(C)C. The molecular formula is C8H12O4. The number of carbonyl (C=O) groups is 2. The second kappa shape index (κ2) is 4.54. The summed E-state index contributed by atoms with van der Waals surface area (Å²) in [4.78, 5) is 21.0. The third kappa shape index (κ3) is 3.75. The van der Waals surface area contributed by atoms with E-state index in [4.69, 9.17) is 5.11 Å². The van der Waals surface area contributed by atoms with Gasteiger partial charge in [-0.25, -0.2) is 9.59 Å². The molecule has 1 N–H and O–H groups in total. The molecule has 4 nitrogen and oxygen atoms in total. The van der Waals surface area contributed by atoms with Crippen LogP contribution < -0.4 is 0 Å². The molecule has 12 heavy (non-hydrogen) atoms. The minimum absolute atomic E-state index is 0.190. The van der Waals surface area contributed by atoms with Gasteiger partial charge in [0.05, 0.1) is 6.61 Å². The van der Waals surface area contributed by atoms with Gasteiger partial charge < -0.3 is 9.84 Å². The number of carbonyl (C=O) groups excluding carboxylic acids is 1. The summed E-state index contributed by atoms with van der Waals surface area (Å²) in [5.41, 5.74) is -0.532. The average molecular weight is 172 g/mol. The van der Waals surface area contributed by atoms with Crippen LogP contribution in [0.5, 0.6) is 0 Å². The maximum atomic E-state index is 10.8. The molecule has 68 valence electrons. The predicted molar refractivity (Wildman–Crippen MR) is 42.6 cm³/mol. The van der Waals surface area contributed by atoms with Gasteiger partial charge in [-0.3, -0.25) is 0 Å². The van der Waals surface area contributed by atoms with Gasteiger partial charge in [0, 0.05) is 0 Å². The molecule has 0 spiro atoms. The Morgan fingerprint density at radius 2 is 2.00 bits per heavy atom. The summed E-state index contributed by atoms with van der Waals surface area (Å²) in [6.45, 7) is 6.99. The Morgan fingerprint density at radius 3 is 2.33 bits per heavy atom. The zero-order valence-corrected chi connectivity index (χ0v) is 7.16. The smallest absolute Gasteiger partial charge is 0.344 e. The van der Waals surface area contributed by atoms with Gasteiger partial charge in [0.1, 0.15) is 5.57 Å². The number of aliphatic carboxylic acids is 1. The van der Waals surface area contributed by atoms with Gasteiger partial charge in [-0.15, -0.1) is 0 Å². The molecule has 0 radical (unpaired) electrons. The minimum atomic E-state index is -1.34. The van der Waals surface area contributed by atoms with E-state index < -0.39 is 17.5 Å². The normalized spacial score (nSPS) is 9.58. The highest BCUT2D eigenvalue weighted by atomic mass is 16.5. The standard InChI is InChI=1S/C8H12O4/c1-5(2)4-12-8(11)6(3)7(9)10/h5H,3-4H2,1-2H3,(H,9,10). The van der Waals surface area contributed by atoms with E-state index in [9.17, 15) is 9.59 Å². The number of esters is 1. The van der Waals surface area contributed by atoms with Crippen LogP contribution in [0.3, 0.4) is 0 Å². The van der Waals surface area contributed by atoms with Crippen LogP contribution in [0.15, 0.2) is 12.2 Å². The Balaban J connectivity index is 3.89. The average Bonchev–Trinajstić information content (AvgIpc) is 1.98. The monoisotopic (exact) mass is 172 g/mol. The lowest BCUT2D eigenvalue weighted by molar-refractivity contribution is -0.144. The summed E-state index contributed by atoms with van der Waals surface area (Å²) < 4.78 is 4.61. The van der Waals surface area contributed by atoms with Gasteiger partial charge in [-0.1, -0.05) is 20.4 Å². The van der Waals surface area contributed by atoms with Crippen LogP contribution in [0.1, 0.15) is 13.8 Å². The summed E-state index contributed by atoms with van der Waals surface area (Å²) >= 11 is 0. The third-order valence-corrected chi connectivity index (χ3v) is 1.05. The first kappa shape index (κ1) is 10.7. The van der Waals surface area contributed by atoms with Crippen molar-refractivity contribution in [2.75, 3.05) is 6.61 Å². The van der Waals surface area contributed by atoms with Crippen LogP contribution in [-0.4, -0.2) is 23.7 Å². The van der Waals surface area contributed by atoms with Crippen molar-refractivity contribution in [3.63, 3.8) is 0 Å². The van der Waals surface area contributed by atoms with Crippen molar-refractivity contribution >= 4 is 11.9 Å². The van der Waals surface area contributed by atoms with Gasteiger partial charge in [0.2, 0.25) is 0 Å². The van der Waals surface area contributed by atoms with E-state index in [1.165, 1.54) is 0 Å². The molecule has 0 aliphatic rings. The van der Waals surface area contributed by atoms with Crippen molar-refractivity contribution in [3.8, 4) is 0 Å². The summed E-state index contributed by atoms with van der Waals surface area (Å²) in [5, 5.41) is 8.32. The summed E-state index contributed by atoms with van der Waals surface area (Å²) in [6, 6.07) is 0. The highest BCUT2D eigenvalue weighted by Crippen LogP contribution is 1.98. The molecule has 0 aliphatic carbocycles. The van der Waals surface area contributed by atoms with Crippen LogP contribution in [0.4, 0.5) is 0 Å². The maximum absolute atomic E-state index is 10.8. The van der Waals surface area contributed by atoms with Crippen molar-refractivity contribution in [3.05, 3.63) is 12.2 Å². The lowest BCUT2D eigenvalue weighted by Gasteiger charge is -2.05. The molecule has 0 saturated heterocycles. The van der Waals surface area contributed by atoms with E-state index in [0.29, 0.717) is 0 Å². The Morgan fingerprint density at radius 1 is 1.50 bits per heavy atom. The van der Waals surface area contributed by atoms with Crippen molar-refractivity contribution in [1.82, 2.24) is 0 Å². The molecule has 0 fully saturated rings. The lowest BCUT2D eigenvalue weighted by Crippen LogP contribution is -2.16. The first-order valence-corrected chi connectivity index (χ1v) is 3.54. The van der Waals surface area contributed by atoms with E-state index in [-0.39, 0.29) is 12.5 Å². The van der Waals surface area contributed by atoms with Crippen molar-refractivity contribution < 1.29 is 19.4 Å². The predicted octanol–water partition coefficient (Wildman–Crippen LogP) is 0.826. The van der Waals surface area contributed by atoms with E-state index >= 15 is 0 Å². The summed E-state index contributed by atoms with van der Waals surface area (Å²) in [7, 11) is 0.